The molecule has 1 saturated carbocycles. The molecule has 0 bridgehead atoms. The maximum atomic E-state index is 5.95. The highest BCUT2D eigenvalue weighted by Crippen LogP contribution is 2.30. The highest BCUT2D eigenvalue weighted by atomic mass is 127. The molecule has 7 heteroatoms. The van der Waals surface area contributed by atoms with Gasteiger partial charge in [0.15, 0.2) is 5.96 Å². The molecule has 148 valence electrons. The lowest BCUT2D eigenvalue weighted by molar-refractivity contribution is 0.0733. The van der Waals surface area contributed by atoms with Gasteiger partial charge in [-0.25, -0.2) is 4.99 Å². The molecule has 0 radical (unpaired) electrons. The van der Waals surface area contributed by atoms with Crippen LogP contribution in [-0.2, 0) is 16.0 Å². The second-order valence-corrected chi connectivity index (χ2v) is 6.09. The molecular formula is C19H32IN3O3. The van der Waals surface area contributed by atoms with Gasteiger partial charge in [0, 0.05) is 25.8 Å². The van der Waals surface area contributed by atoms with Gasteiger partial charge in [-0.05, 0) is 31.7 Å². The Hall–Kier alpha value is -1.06. The number of nitrogens with one attached hydrogen (secondary N) is 2. The minimum atomic E-state index is 0. The van der Waals surface area contributed by atoms with Gasteiger partial charge in [-0.15, -0.1) is 24.0 Å². The van der Waals surface area contributed by atoms with Crippen molar-refractivity contribution < 1.29 is 14.2 Å². The maximum Gasteiger partial charge on any atom is 0.191 e. The molecule has 0 aliphatic heterocycles. The van der Waals surface area contributed by atoms with E-state index in [0.717, 1.165) is 36.3 Å². The fourth-order valence-electron chi connectivity index (χ4n) is 2.26. The lowest BCUT2D eigenvalue weighted by Crippen LogP contribution is -2.39. The lowest BCUT2D eigenvalue weighted by Gasteiger charge is -2.13. The molecule has 1 aromatic carbocycles. The van der Waals surface area contributed by atoms with Crippen LogP contribution in [0, 0.1) is 5.92 Å². The van der Waals surface area contributed by atoms with Crippen LogP contribution < -0.4 is 15.4 Å². The van der Waals surface area contributed by atoms with Crippen LogP contribution in [0.4, 0.5) is 0 Å². The Bertz CT molecular complexity index is 525. The third-order valence-electron chi connectivity index (χ3n) is 3.87. The predicted octanol–water partition coefficient (Wildman–Crippen LogP) is 2.81. The normalized spacial score (nSPS) is 13.8. The molecule has 0 saturated heterocycles. The quantitative estimate of drug-likeness (QED) is 0.210. The van der Waals surface area contributed by atoms with E-state index in [-0.39, 0.29) is 24.0 Å². The Morgan fingerprint density at radius 2 is 1.96 bits per heavy atom. The Labute approximate surface area is 174 Å². The second kappa shape index (κ2) is 14.1. The molecule has 0 atom stereocenters. The third-order valence-corrected chi connectivity index (χ3v) is 3.87. The number of aliphatic imine (C=N–C) groups is 1. The summed E-state index contributed by atoms with van der Waals surface area (Å²) in [4.78, 5) is 4.66. The molecule has 0 spiro atoms. The van der Waals surface area contributed by atoms with E-state index >= 15 is 0 Å². The van der Waals surface area contributed by atoms with Gasteiger partial charge in [0.2, 0.25) is 0 Å². The van der Waals surface area contributed by atoms with Crippen LogP contribution in [0.15, 0.2) is 29.3 Å². The smallest absolute Gasteiger partial charge is 0.191 e. The van der Waals surface area contributed by atoms with Gasteiger partial charge in [-0.3, -0.25) is 0 Å². The zero-order valence-electron chi connectivity index (χ0n) is 15.8. The van der Waals surface area contributed by atoms with Crippen molar-refractivity contribution in [2.75, 3.05) is 46.6 Å². The first-order valence-corrected chi connectivity index (χ1v) is 9.13. The van der Waals surface area contributed by atoms with E-state index in [2.05, 4.69) is 28.6 Å². The minimum Gasteiger partial charge on any atom is -0.493 e. The van der Waals surface area contributed by atoms with E-state index in [1.807, 2.05) is 18.2 Å². The van der Waals surface area contributed by atoms with E-state index in [0.29, 0.717) is 32.9 Å². The van der Waals surface area contributed by atoms with Crippen molar-refractivity contribution in [1.82, 2.24) is 10.6 Å². The molecule has 0 amide bonds. The molecule has 26 heavy (non-hydrogen) atoms. The fraction of sp³-hybridized carbons (Fsp3) is 0.632. The van der Waals surface area contributed by atoms with E-state index in [9.17, 15) is 0 Å². The fourth-order valence-corrected chi connectivity index (χ4v) is 2.26. The van der Waals surface area contributed by atoms with Crippen molar-refractivity contribution in [3.05, 3.63) is 29.8 Å². The molecule has 0 heterocycles. The largest absolute Gasteiger partial charge is 0.493 e. The minimum absolute atomic E-state index is 0. The molecular weight excluding hydrogens is 445 g/mol. The van der Waals surface area contributed by atoms with Crippen LogP contribution in [0.1, 0.15) is 25.3 Å². The number of hydrogen-bond donors (Lipinski definition) is 2. The van der Waals surface area contributed by atoms with Gasteiger partial charge in [0.25, 0.3) is 0 Å². The van der Waals surface area contributed by atoms with E-state index in [4.69, 9.17) is 14.2 Å². The Morgan fingerprint density at radius 3 is 2.69 bits per heavy atom. The van der Waals surface area contributed by atoms with Gasteiger partial charge in [-0.2, -0.15) is 0 Å². The summed E-state index contributed by atoms with van der Waals surface area (Å²) in [5, 5.41) is 6.53. The van der Waals surface area contributed by atoms with E-state index in [1.165, 1.54) is 12.8 Å². The number of para-hydroxylation sites is 1. The number of hydrogen-bond acceptors (Lipinski definition) is 4. The Balaban J connectivity index is 0.00000338. The average Bonchev–Trinajstić information content (AvgIpc) is 3.46. The third kappa shape index (κ3) is 9.59. The van der Waals surface area contributed by atoms with Crippen LogP contribution in [0.5, 0.6) is 5.75 Å². The van der Waals surface area contributed by atoms with Crippen molar-refractivity contribution >= 4 is 29.9 Å². The standard InChI is InChI=1S/C19H31N3O3.HI/c1-3-20-19(21-10-11-24-13-12-23-2)22-14-17-6-4-5-7-18(17)25-15-16-8-9-16;/h4-7,16H,3,8-15H2,1-2H3,(H2,20,21,22);1H. The van der Waals surface area contributed by atoms with E-state index in [1.54, 1.807) is 7.11 Å². The van der Waals surface area contributed by atoms with Crippen LogP contribution >= 0.6 is 24.0 Å². The summed E-state index contributed by atoms with van der Waals surface area (Å²) in [6, 6.07) is 8.13. The molecule has 1 aliphatic carbocycles. The first-order valence-electron chi connectivity index (χ1n) is 9.13. The van der Waals surface area contributed by atoms with Crippen molar-refractivity contribution in [1.29, 1.82) is 0 Å². The zero-order chi connectivity index (χ0) is 17.7. The molecule has 2 rings (SSSR count). The predicted molar refractivity (Wildman–Crippen MR) is 116 cm³/mol. The highest BCUT2D eigenvalue weighted by molar-refractivity contribution is 14.0. The number of ether oxygens (including phenoxy) is 3. The van der Waals surface area contributed by atoms with Gasteiger partial charge < -0.3 is 24.8 Å². The monoisotopic (exact) mass is 477 g/mol. The Morgan fingerprint density at radius 1 is 1.15 bits per heavy atom. The van der Waals surface area contributed by atoms with Crippen molar-refractivity contribution in [2.45, 2.75) is 26.3 Å². The molecule has 1 fully saturated rings. The van der Waals surface area contributed by atoms with Crippen LogP contribution in [-0.4, -0.2) is 52.6 Å². The summed E-state index contributed by atoms with van der Waals surface area (Å²) in [5.41, 5.74) is 1.11. The SMILES string of the molecule is CCNC(=NCc1ccccc1OCC1CC1)NCCOCCOC.I. The first-order chi connectivity index (χ1) is 12.3. The van der Waals surface area contributed by atoms with Gasteiger partial charge in [0.1, 0.15) is 5.75 Å². The first kappa shape index (κ1) is 23.0. The number of nitrogens with zero attached hydrogens (tertiary/aromatic N) is 1. The maximum absolute atomic E-state index is 5.95. The van der Waals surface area contributed by atoms with Gasteiger partial charge in [0.05, 0.1) is 33.0 Å². The molecule has 6 nitrogen and oxygen atoms in total. The second-order valence-electron chi connectivity index (χ2n) is 6.09. The van der Waals surface area contributed by atoms with Gasteiger partial charge >= 0.3 is 0 Å². The average molecular weight is 477 g/mol. The van der Waals surface area contributed by atoms with Crippen LogP contribution in [0.25, 0.3) is 0 Å². The van der Waals surface area contributed by atoms with Crippen molar-refractivity contribution in [2.24, 2.45) is 10.9 Å². The number of methoxy groups -OCH3 is 1. The molecule has 1 aliphatic rings. The van der Waals surface area contributed by atoms with E-state index < -0.39 is 0 Å². The number of halogens is 1. The molecule has 0 unspecified atom stereocenters. The number of benzene rings is 1. The Kier molecular flexibility index (Phi) is 12.4. The van der Waals surface area contributed by atoms with Crippen molar-refractivity contribution in [3.63, 3.8) is 0 Å². The molecule has 0 aromatic heterocycles. The highest BCUT2D eigenvalue weighted by Gasteiger charge is 2.22. The van der Waals surface area contributed by atoms with Gasteiger partial charge in [-0.1, -0.05) is 18.2 Å². The summed E-state index contributed by atoms with van der Waals surface area (Å²) >= 11 is 0. The summed E-state index contributed by atoms with van der Waals surface area (Å²) in [6.07, 6.45) is 2.59. The van der Waals surface area contributed by atoms with Crippen LogP contribution in [0.3, 0.4) is 0 Å². The molecule has 1 aromatic rings. The number of guanidine groups is 1. The summed E-state index contributed by atoms with van der Waals surface area (Å²) < 4.78 is 16.4. The summed E-state index contributed by atoms with van der Waals surface area (Å²) in [7, 11) is 1.67. The summed E-state index contributed by atoms with van der Waals surface area (Å²) in [6.45, 7) is 6.82. The number of rotatable bonds is 12. The zero-order valence-corrected chi connectivity index (χ0v) is 18.2. The molecule has 2 N–H and O–H groups in total. The topological polar surface area (TPSA) is 64.1 Å². The lowest BCUT2D eigenvalue weighted by atomic mass is 10.2. The van der Waals surface area contributed by atoms with Crippen LogP contribution in [0.2, 0.25) is 0 Å². The van der Waals surface area contributed by atoms with Crippen molar-refractivity contribution in [3.8, 4) is 5.75 Å². The summed E-state index contributed by atoms with van der Waals surface area (Å²) in [5.74, 6) is 2.47.